The summed E-state index contributed by atoms with van der Waals surface area (Å²) in [6, 6.07) is 6.78. The monoisotopic (exact) mass is 253 g/mol. The molecule has 0 amide bonds. The summed E-state index contributed by atoms with van der Waals surface area (Å²) in [6.45, 7) is 12.0. The van der Waals surface area contributed by atoms with Crippen LogP contribution in [0.3, 0.4) is 0 Å². The average molecular weight is 254 g/mol. The fourth-order valence-electron chi connectivity index (χ4n) is 2.01. The van der Waals surface area contributed by atoms with Crippen LogP contribution in [0.2, 0.25) is 5.02 Å². The number of hydrogen-bond acceptors (Lipinski definition) is 1. The Labute approximate surface area is 111 Å². The van der Waals surface area contributed by atoms with Crippen molar-refractivity contribution in [1.82, 2.24) is 5.32 Å². The Hall–Kier alpha value is -0.530. The van der Waals surface area contributed by atoms with Crippen LogP contribution in [0.4, 0.5) is 0 Å². The van der Waals surface area contributed by atoms with Gasteiger partial charge in [-0.05, 0) is 42.5 Å². The first-order valence-corrected chi connectivity index (χ1v) is 6.84. The molecule has 0 fully saturated rings. The molecule has 2 atom stereocenters. The first-order valence-electron chi connectivity index (χ1n) is 6.46. The minimum absolute atomic E-state index is 0.387. The van der Waals surface area contributed by atoms with Gasteiger partial charge < -0.3 is 5.32 Å². The van der Waals surface area contributed by atoms with Crippen LogP contribution in [0, 0.1) is 18.8 Å². The van der Waals surface area contributed by atoms with Crippen LogP contribution in [0.25, 0.3) is 0 Å². The standard InChI is InChI=1S/C15H24ClN/c1-6-17-15(12(5)10(2)3)13-8-7-11(4)14(16)9-13/h7-10,12,15,17H,6H2,1-5H3. The fraction of sp³-hybridized carbons (Fsp3) is 0.600. The predicted molar refractivity (Wildman–Crippen MR) is 76.6 cm³/mol. The fourth-order valence-corrected chi connectivity index (χ4v) is 2.20. The van der Waals surface area contributed by atoms with E-state index in [2.05, 4.69) is 51.2 Å². The van der Waals surface area contributed by atoms with Gasteiger partial charge in [0.25, 0.3) is 0 Å². The van der Waals surface area contributed by atoms with Crippen molar-refractivity contribution in [3.05, 3.63) is 34.3 Å². The van der Waals surface area contributed by atoms with Gasteiger partial charge in [0.15, 0.2) is 0 Å². The molecule has 2 unspecified atom stereocenters. The highest BCUT2D eigenvalue weighted by Gasteiger charge is 2.21. The lowest BCUT2D eigenvalue weighted by Gasteiger charge is -2.28. The van der Waals surface area contributed by atoms with Crippen molar-refractivity contribution in [1.29, 1.82) is 0 Å². The third kappa shape index (κ3) is 3.72. The van der Waals surface area contributed by atoms with Gasteiger partial charge in [0.1, 0.15) is 0 Å². The maximum Gasteiger partial charge on any atom is 0.0438 e. The highest BCUT2D eigenvalue weighted by molar-refractivity contribution is 6.31. The van der Waals surface area contributed by atoms with E-state index in [0.29, 0.717) is 17.9 Å². The molecule has 2 heteroatoms. The van der Waals surface area contributed by atoms with Gasteiger partial charge >= 0.3 is 0 Å². The van der Waals surface area contributed by atoms with Crippen LogP contribution in [0.1, 0.15) is 44.9 Å². The Morgan fingerprint density at radius 3 is 2.35 bits per heavy atom. The number of rotatable bonds is 5. The highest BCUT2D eigenvalue weighted by atomic mass is 35.5. The van der Waals surface area contributed by atoms with E-state index < -0.39 is 0 Å². The molecule has 0 aliphatic heterocycles. The molecule has 0 aliphatic carbocycles. The van der Waals surface area contributed by atoms with Gasteiger partial charge in [-0.25, -0.2) is 0 Å². The van der Waals surface area contributed by atoms with E-state index in [-0.39, 0.29) is 0 Å². The minimum Gasteiger partial charge on any atom is -0.310 e. The van der Waals surface area contributed by atoms with Crippen molar-refractivity contribution in [2.75, 3.05) is 6.54 Å². The summed E-state index contributed by atoms with van der Waals surface area (Å²) in [6.07, 6.45) is 0. The zero-order valence-corrected chi connectivity index (χ0v) is 12.3. The van der Waals surface area contributed by atoms with E-state index in [1.165, 1.54) is 5.56 Å². The van der Waals surface area contributed by atoms with Crippen LogP contribution in [0.15, 0.2) is 18.2 Å². The topological polar surface area (TPSA) is 12.0 Å². The Bertz CT molecular complexity index is 360. The molecule has 0 saturated heterocycles. The van der Waals surface area contributed by atoms with Crippen LogP contribution >= 0.6 is 11.6 Å². The van der Waals surface area contributed by atoms with Gasteiger partial charge in [0.05, 0.1) is 0 Å². The van der Waals surface area contributed by atoms with Crippen LogP contribution < -0.4 is 5.32 Å². The van der Waals surface area contributed by atoms with Crippen molar-refractivity contribution in [2.24, 2.45) is 11.8 Å². The van der Waals surface area contributed by atoms with Gasteiger partial charge in [0.2, 0.25) is 0 Å². The Morgan fingerprint density at radius 2 is 1.88 bits per heavy atom. The molecular formula is C15H24ClN. The largest absolute Gasteiger partial charge is 0.310 e. The SMILES string of the molecule is CCNC(c1ccc(C)c(Cl)c1)C(C)C(C)C. The molecule has 96 valence electrons. The lowest BCUT2D eigenvalue weighted by atomic mass is 9.86. The molecule has 0 saturated carbocycles. The predicted octanol–water partition coefficient (Wildman–Crippen LogP) is 4.59. The molecule has 0 bridgehead atoms. The zero-order valence-electron chi connectivity index (χ0n) is 11.5. The van der Waals surface area contributed by atoms with Crippen LogP contribution in [-0.2, 0) is 0 Å². The second-order valence-electron chi connectivity index (χ2n) is 5.15. The van der Waals surface area contributed by atoms with Crippen LogP contribution in [0.5, 0.6) is 0 Å². The lowest BCUT2D eigenvalue weighted by molar-refractivity contribution is 0.307. The molecule has 0 aliphatic rings. The minimum atomic E-state index is 0.387. The summed E-state index contributed by atoms with van der Waals surface area (Å²) in [7, 11) is 0. The lowest BCUT2D eigenvalue weighted by Crippen LogP contribution is -2.29. The van der Waals surface area contributed by atoms with Crippen molar-refractivity contribution in [2.45, 2.75) is 40.7 Å². The van der Waals surface area contributed by atoms with Gasteiger partial charge in [-0.1, -0.05) is 51.4 Å². The molecule has 1 rings (SSSR count). The molecule has 1 nitrogen and oxygen atoms in total. The molecule has 1 aromatic rings. The Morgan fingerprint density at radius 1 is 1.24 bits per heavy atom. The Kier molecular flexibility index (Phi) is 5.48. The molecule has 0 aromatic heterocycles. The third-order valence-electron chi connectivity index (χ3n) is 3.56. The van der Waals surface area contributed by atoms with E-state index >= 15 is 0 Å². The summed E-state index contributed by atoms with van der Waals surface area (Å²) in [5.41, 5.74) is 2.44. The number of hydrogen-bond donors (Lipinski definition) is 1. The van der Waals surface area contributed by atoms with E-state index in [4.69, 9.17) is 11.6 Å². The number of nitrogens with one attached hydrogen (secondary N) is 1. The smallest absolute Gasteiger partial charge is 0.0438 e. The number of aryl methyl sites for hydroxylation is 1. The zero-order chi connectivity index (χ0) is 13.0. The summed E-state index contributed by atoms with van der Waals surface area (Å²) < 4.78 is 0. The Balaban J connectivity index is 3.00. The number of halogens is 1. The third-order valence-corrected chi connectivity index (χ3v) is 3.96. The molecule has 17 heavy (non-hydrogen) atoms. The van der Waals surface area contributed by atoms with Crippen molar-refractivity contribution >= 4 is 11.6 Å². The van der Waals surface area contributed by atoms with Crippen LogP contribution in [-0.4, -0.2) is 6.54 Å². The van der Waals surface area contributed by atoms with E-state index in [0.717, 1.165) is 17.1 Å². The first-order chi connectivity index (χ1) is 7.97. The van der Waals surface area contributed by atoms with Crippen molar-refractivity contribution < 1.29 is 0 Å². The summed E-state index contributed by atoms with van der Waals surface area (Å²) in [5.74, 6) is 1.24. The van der Waals surface area contributed by atoms with E-state index in [1.807, 2.05) is 6.92 Å². The van der Waals surface area contributed by atoms with Crippen molar-refractivity contribution in [3.63, 3.8) is 0 Å². The second-order valence-corrected chi connectivity index (χ2v) is 5.55. The van der Waals surface area contributed by atoms with Gasteiger partial charge in [0, 0.05) is 11.1 Å². The molecule has 0 spiro atoms. The molecule has 0 radical (unpaired) electrons. The van der Waals surface area contributed by atoms with Gasteiger partial charge in [-0.3, -0.25) is 0 Å². The van der Waals surface area contributed by atoms with Gasteiger partial charge in [-0.15, -0.1) is 0 Å². The van der Waals surface area contributed by atoms with Crippen molar-refractivity contribution in [3.8, 4) is 0 Å². The van der Waals surface area contributed by atoms with E-state index in [9.17, 15) is 0 Å². The number of benzene rings is 1. The second kappa shape index (κ2) is 6.42. The normalized spacial score (nSPS) is 15.0. The average Bonchev–Trinajstić information content (AvgIpc) is 2.29. The molecule has 1 N–H and O–H groups in total. The maximum absolute atomic E-state index is 6.21. The van der Waals surface area contributed by atoms with Gasteiger partial charge in [-0.2, -0.15) is 0 Å². The molecular weight excluding hydrogens is 230 g/mol. The quantitative estimate of drug-likeness (QED) is 0.809. The van der Waals surface area contributed by atoms with E-state index in [1.54, 1.807) is 0 Å². The first kappa shape index (κ1) is 14.5. The summed E-state index contributed by atoms with van der Waals surface area (Å²) in [4.78, 5) is 0. The molecule has 0 heterocycles. The highest BCUT2D eigenvalue weighted by Crippen LogP contribution is 2.30. The summed E-state index contributed by atoms with van der Waals surface area (Å²) >= 11 is 6.21. The maximum atomic E-state index is 6.21. The molecule has 1 aromatic carbocycles. The summed E-state index contributed by atoms with van der Waals surface area (Å²) in [5, 5.41) is 4.43.